The Bertz CT molecular complexity index is 554. The van der Waals surface area contributed by atoms with Crippen molar-refractivity contribution in [3.05, 3.63) is 29.6 Å². The lowest BCUT2D eigenvalue weighted by molar-refractivity contribution is -0.139. The maximum Gasteiger partial charge on any atom is 0.326 e. The van der Waals surface area contributed by atoms with E-state index in [9.17, 15) is 14.0 Å². The molecule has 20 heavy (non-hydrogen) atoms. The van der Waals surface area contributed by atoms with Crippen molar-refractivity contribution in [2.24, 2.45) is 0 Å². The molecule has 1 aromatic rings. The number of hydrogen-bond acceptors (Lipinski definition) is 3. The summed E-state index contributed by atoms with van der Waals surface area (Å²) < 4.78 is 12.9. The summed E-state index contributed by atoms with van der Waals surface area (Å²) in [7, 11) is 0. The van der Waals surface area contributed by atoms with Crippen molar-refractivity contribution >= 4 is 17.7 Å². The highest BCUT2D eigenvalue weighted by atomic mass is 19.1. The fraction of sp³-hybridized carbons (Fsp3) is 0.308. The molecule has 0 fully saturated rings. The van der Waals surface area contributed by atoms with Gasteiger partial charge in [-0.25, -0.2) is 14.0 Å². The number of nitrogens with one attached hydrogen (secondary N) is 2. The summed E-state index contributed by atoms with van der Waals surface area (Å²) >= 11 is 0. The van der Waals surface area contributed by atoms with Gasteiger partial charge in [-0.2, -0.15) is 5.26 Å². The fourth-order valence-corrected chi connectivity index (χ4v) is 1.58. The molecule has 0 heterocycles. The van der Waals surface area contributed by atoms with E-state index in [1.807, 2.05) is 0 Å². The van der Waals surface area contributed by atoms with E-state index in [1.54, 1.807) is 13.0 Å². The molecule has 0 saturated heterocycles. The van der Waals surface area contributed by atoms with Crippen molar-refractivity contribution in [1.82, 2.24) is 5.32 Å². The van der Waals surface area contributed by atoms with Gasteiger partial charge in [-0.1, -0.05) is 13.3 Å². The molecule has 0 bridgehead atoms. The molecule has 0 aliphatic heterocycles. The number of carbonyl (C=O) groups is 2. The van der Waals surface area contributed by atoms with Crippen molar-refractivity contribution < 1.29 is 19.1 Å². The number of rotatable bonds is 5. The Morgan fingerprint density at radius 3 is 2.75 bits per heavy atom. The molecule has 0 aliphatic rings. The zero-order valence-corrected chi connectivity index (χ0v) is 10.8. The molecule has 0 aliphatic carbocycles. The molecule has 0 radical (unpaired) electrons. The second kappa shape index (κ2) is 7.09. The maximum atomic E-state index is 12.9. The molecule has 0 spiro atoms. The number of aliphatic carboxylic acids is 1. The van der Waals surface area contributed by atoms with Crippen molar-refractivity contribution in [3.8, 4) is 6.07 Å². The van der Waals surface area contributed by atoms with E-state index in [-0.39, 0.29) is 17.7 Å². The minimum atomic E-state index is -1.14. The second-order valence-electron chi connectivity index (χ2n) is 4.08. The Morgan fingerprint density at radius 1 is 1.50 bits per heavy atom. The highest BCUT2D eigenvalue weighted by Gasteiger charge is 2.19. The van der Waals surface area contributed by atoms with Crippen LogP contribution in [0.3, 0.4) is 0 Å². The summed E-state index contributed by atoms with van der Waals surface area (Å²) in [6.45, 7) is 1.79. The lowest BCUT2D eigenvalue weighted by atomic mass is 10.1. The first-order valence-electron chi connectivity index (χ1n) is 5.98. The number of anilines is 1. The van der Waals surface area contributed by atoms with Crippen LogP contribution in [-0.4, -0.2) is 23.1 Å². The molecule has 0 aromatic heterocycles. The van der Waals surface area contributed by atoms with Crippen LogP contribution in [0.4, 0.5) is 14.9 Å². The number of hydrogen-bond donors (Lipinski definition) is 3. The molecular weight excluding hydrogens is 265 g/mol. The quantitative estimate of drug-likeness (QED) is 0.767. The number of nitriles is 1. The van der Waals surface area contributed by atoms with Crippen LogP contribution in [0, 0.1) is 17.1 Å². The first-order chi connectivity index (χ1) is 9.47. The predicted molar refractivity (Wildman–Crippen MR) is 69.6 cm³/mol. The number of urea groups is 1. The number of benzene rings is 1. The van der Waals surface area contributed by atoms with Gasteiger partial charge in [0.05, 0.1) is 11.3 Å². The van der Waals surface area contributed by atoms with E-state index < -0.39 is 23.9 Å². The van der Waals surface area contributed by atoms with Crippen LogP contribution in [0.25, 0.3) is 0 Å². The molecular formula is C13H14FN3O3. The Kier molecular flexibility index (Phi) is 5.47. The minimum Gasteiger partial charge on any atom is -0.480 e. The number of carboxylic acid groups (broad SMARTS) is 1. The van der Waals surface area contributed by atoms with E-state index >= 15 is 0 Å². The van der Waals surface area contributed by atoms with E-state index in [4.69, 9.17) is 10.4 Å². The van der Waals surface area contributed by atoms with Crippen LogP contribution in [0.15, 0.2) is 18.2 Å². The Hall–Kier alpha value is -2.62. The number of carboxylic acids is 1. The van der Waals surface area contributed by atoms with Gasteiger partial charge in [0.15, 0.2) is 0 Å². The van der Waals surface area contributed by atoms with Crippen molar-refractivity contribution in [2.75, 3.05) is 5.32 Å². The second-order valence-corrected chi connectivity index (χ2v) is 4.08. The highest BCUT2D eigenvalue weighted by Crippen LogP contribution is 2.15. The van der Waals surface area contributed by atoms with Gasteiger partial charge in [-0.05, 0) is 24.6 Å². The average Bonchev–Trinajstić information content (AvgIpc) is 2.40. The zero-order chi connectivity index (χ0) is 15.1. The fourth-order valence-electron chi connectivity index (χ4n) is 1.58. The molecule has 1 unspecified atom stereocenters. The molecule has 6 nitrogen and oxygen atoms in total. The number of carbonyl (C=O) groups excluding carboxylic acids is 1. The van der Waals surface area contributed by atoms with Crippen molar-refractivity contribution in [3.63, 3.8) is 0 Å². The zero-order valence-electron chi connectivity index (χ0n) is 10.8. The number of halogens is 1. The van der Waals surface area contributed by atoms with Gasteiger partial charge in [0.25, 0.3) is 0 Å². The summed E-state index contributed by atoms with van der Waals surface area (Å²) in [6, 6.07) is 3.30. The van der Waals surface area contributed by atoms with Gasteiger partial charge in [-0.3, -0.25) is 0 Å². The van der Waals surface area contributed by atoms with Crippen LogP contribution < -0.4 is 10.6 Å². The molecule has 1 rings (SSSR count). The van der Waals surface area contributed by atoms with Crippen LogP contribution >= 0.6 is 0 Å². The van der Waals surface area contributed by atoms with Crippen molar-refractivity contribution in [2.45, 2.75) is 25.8 Å². The standard InChI is InChI=1S/C13H14FN3O3/c1-2-3-11(12(18)19)17-13(20)16-10-5-4-9(14)6-8(10)7-15/h4-6,11H,2-3H2,1H3,(H,18,19)(H2,16,17,20). The molecule has 7 heteroatoms. The summed E-state index contributed by atoms with van der Waals surface area (Å²) in [5.41, 5.74) is 0.0783. The topological polar surface area (TPSA) is 102 Å². The van der Waals surface area contributed by atoms with Crippen LogP contribution in [0.1, 0.15) is 25.3 Å². The maximum absolute atomic E-state index is 12.9. The first-order valence-corrected chi connectivity index (χ1v) is 5.98. The summed E-state index contributed by atoms with van der Waals surface area (Å²) in [4.78, 5) is 22.6. The van der Waals surface area contributed by atoms with Gasteiger partial charge >= 0.3 is 12.0 Å². The van der Waals surface area contributed by atoms with Crippen LogP contribution in [0.2, 0.25) is 0 Å². The van der Waals surface area contributed by atoms with Gasteiger partial charge in [0.2, 0.25) is 0 Å². The third-order valence-electron chi connectivity index (χ3n) is 2.53. The third-order valence-corrected chi connectivity index (χ3v) is 2.53. The number of amides is 2. The van der Waals surface area contributed by atoms with Crippen molar-refractivity contribution in [1.29, 1.82) is 5.26 Å². The summed E-state index contributed by atoms with van der Waals surface area (Å²) in [6.07, 6.45) is 0.883. The molecule has 3 N–H and O–H groups in total. The summed E-state index contributed by atoms with van der Waals surface area (Å²) in [5.74, 6) is -1.73. The van der Waals surface area contributed by atoms with Gasteiger partial charge in [-0.15, -0.1) is 0 Å². The van der Waals surface area contributed by atoms with Gasteiger partial charge in [0, 0.05) is 0 Å². The van der Waals surface area contributed by atoms with Gasteiger partial charge in [0.1, 0.15) is 17.9 Å². The molecule has 2 amide bonds. The highest BCUT2D eigenvalue weighted by molar-refractivity contribution is 5.93. The number of nitrogens with zero attached hydrogens (tertiary/aromatic N) is 1. The van der Waals surface area contributed by atoms with E-state index in [2.05, 4.69) is 10.6 Å². The van der Waals surface area contributed by atoms with Crippen LogP contribution in [-0.2, 0) is 4.79 Å². The monoisotopic (exact) mass is 279 g/mol. The van der Waals surface area contributed by atoms with E-state index in [0.29, 0.717) is 6.42 Å². The largest absolute Gasteiger partial charge is 0.480 e. The summed E-state index contributed by atoms with van der Waals surface area (Å²) in [5, 5.41) is 22.3. The lowest BCUT2D eigenvalue weighted by Crippen LogP contribution is -2.43. The Balaban J connectivity index is 2.76. The average molecular weight is 279 g/mol. The Labute approximate surface area is 115 Å². The van der Waals surface area contributed by atoms with E-state index in [0.717, 1.165) is 12.1 Å². The molecule has 106 valence electrons. The smallest absolute Gasteiger partial charge is 0.326 e. The van der Waals surface area contributed by atoms with Gasteiger partial charge < -0.3 is 15.7 Å². The van der Waals surface area contributed by atoms with Crippen LogP contribution in [0.5, 0.6) is 0 Å². The molecule has 1 atom stereocenters. The predicted octanol–water partition coefficient (Wildman–Crippen LogP) is 2.07. The SMILES string of the molecule is CCCC(NC(=O)Nc1ccc(F)cc1C#N)C(=O)O. The third kappa shape index (κ3) is 4.24. The normalized spacial score (nSPS) is 11.2. The minimum absolute atomic E-state index is 0.0393. The molecule has 1 aromatic carbocycles. The molecule has 0 saturated carbocycles. The lowest BCUT2D eigenvalue weighted by Gasteiger charge is -2.14. The van der Waals surface area contributed by atoms with E-state index in [1.165, 1.54) is 6.07 Å². The first kappa shape index (κ1) is 15.4. The Morgan fingerprint density at radius 2 is 2.20 bits per heavy atom.